The number of nitrogens with two attached hydrogens (primary N) is 1. The van der Waals surface area contributed by atoms with E-state index in [2.05, 4.69) is 5.32 Å². The molecule has 0 radical (unpaired) electrons. The highest BCUT2D eigenvalue weighted by Crippen LogP contribution is 2.25. The Balaban J connectivity index is 2.81. The number of carbonyl (C=O) groups is 3. The Hall–Kier alpha value is -2.65. The van der Waals surface area contributed by atoms with Crippen LogP contribution >= 0.6 is 0 Å². The van der Waals surface area contributed by atoms with Crippen molar-refractivity contribution in [1.29, 1.82) is 0 Å². The minimum Gasteiger partial charge on any atom is -0.495 e. The summed E-state index contributed by atoms with van der Waals surface area (Å²) in [5.74, 6) is -1.62. The van der Waals surface area contributed by atoms with Crippen molar-refractivity contribution in [2.75, 3.05) is 46.4 Å². The standard InChI is InChI=1S/C21H33N3O6/c1-3-30-18(25)10-5-4-6-14-24(15-13-23-12-11-22)20(26)16-8-7-9-17(21(27)28)19(16)29-2/h7-9,23H,3-6,10-15,22H2,1-2H3,(H,27,28). The molecule has 9 heteroatoms. The number of carboxylic acids is 1. The van der Waals surface area contributed by atoms with Gasteiger partial charge >= 0.3 is 11.9 Å². The Morgan fingerprint density at radius 3 is 2.47 bits per heavy atom. The third-order valence-corrected chi connectivity index (χ3v) is 4.46. The molecule has 0 atom stereocenters. The molecule has 0 aromatic heterocycles. The second kappa shape index (κ2) is 14.4. The minimum atomic E-state index is -1.16. The fourth-order valence-electron chi connectivity index (χ4n) is 3.00. The summed E-state index contributed by atoms with van der Waals surface area (Å²) in [6.45, 7) is 4.76. The molecule has 0 bridgehead atoms. The van der Waals surface area contributed by atoms with Gasteiger partial charge in [-0.2, -0.15) is 0 Å². The first kappa shape index (κ1) is 25.4. The summed E-state index contributed by atoms with van der Waals surface area (Å²) >= 11 is 0. The zero-order valence-corrected chi connectivity index (χ0v) is 17.8. The molecule has 0 spiro atoms. The molecule has 0 aliphatic rings. The Bertz CT molecular complexity index is 695. The number of amides is 1. The fraction of sp³-hybridized carbons (Fsp3) is 0.571. The van der Waals surface area contributed by atoms with E-state index in [1.54, 1.807) is 17.9 Å². The molecule has 30 heavy (non-hydrogen) atoms. The van der Waals surface area contributed by atoms with E-state index in [0.717, 1.165) is 6.42 Å². The minimum absolute atomic E-state index is 0.0530. The lowest BCUT2D eigenvalue weighted by Gasteiger charge is -2.24. The lowest BCUT2D eigenvalue weighted by atomic mass is 10.1. The Kier molecular flexibility index (Phi) is 12.1. The van der Waals surface area contributed by atoms with Gasteiger partial charge in [-0.15, -0.1) is 0 Å². The molecule has 1 aromatic carbocycles. The first-order valence-electron chi connectivity index (χ1n) is 10.2. The number of nitrogens with one attached hydrogen (secondary N) is 1. The highest BCUT2D eigenvalue weighted by Gasteiger charge is 2.23. The molecular weight excluding hydrogens is 390 g/mol. The Labute approximate surface area is 177 Å². The van der Waals surface area contributed by atoms with Crippen LogP contribution in [0.15, 0.2) is 18.2 Å². The van der Waals surface area contributed by atoms with E-state index in [0.29, 0.717) is 58.6 Å². The van der Waals surface area contributed by atoms with Crippen LogP contribution in [0.5, 0.6) is 5.75 Å². The molecule has 168 valence electrons. The molecule has 0 unspecified atom stereocenters. The zero-order chi connectivity index (χ0) is 22.4. The quantitative estimate of drug-likeness (QED) is 0.286. The topological polar surface area (TPSA) is 131 Å². The van der Waals surface area contributed by atoms with Gasteiger partial charge in [-0.05, 0) is 31.9 Å². The lowest BCUT2D eigenvalue weighted by Crippen LogP contribution is -2.39. The summed E-state index contributed by atoms with van der Waals surface area (Å²) in [4.78, 5) is 37.7. The van der Waals surface area contributed by atoms with Crippen molar-refractivity contribution in [2.24, 2.45) is 5.73 Å². The van der Waals surface area contributed by atoms with Crippen LogP contribution in [0.4, 0.5) is 0 Å². The largest absolute Gasteiger partial charge is 0.495 e. The number of nitrogens with zero attached hydrogens (tertiary/aromatic N) is 1. The first-order valence-corrected chi connectivity index (χ1v) is 10.2. The lowest BCUT2D eigenvalue weighted by molar-refractivity contribution is -0.143. The van der Waals surface area contributed by atoms with Crippen molar-refractivity contribution in [1.82, 2.24) is 10.2 Å². The van der Waals surface area contributed by atoms with Crippen LogP contribution in [0, 0.1) is 0 Å². The Morgan fingerprint density at radius 2 is 1.83 bits per heavy atom. The SMILES string of the molecule is CCOC(=O)CCCCCN(CCNCCN)C(=O)c1cccc(C(=O)O)c1OC. The van der Waals surface area contributed by atoms with Gasteiger partial charge in [0.15, 0.2) is 0 Å². The molecule has 1 aromatic rings. The third kappa shape index (κ3) is 8.38. The van der Waals surface area contributed by atoms with Gasteiger partial charge in [-0.25, -0.2) is 4.79 Å². The second-order valence-corrected chi connectivity index (χ2v) is 6.64. The third-order valence-electron chi connectivity index (χ3n) is 4.46. The number of aromatic carboxylic acids is 1. The van der Waals surface area contributed by atoms with Gasteiger partial charge in [0.2, 0.25) is 0 Å². The maximum Gasteiger partial charge on any atom is 0.339 e. The number of hydrogen-bond donors (Lipinski definition) is 3. The van der Waals surface area contributed by atoms with E-state index < -0.39 is 5.97 Å². The van der Waals surface area contributed by atoms with Crippen molar-refractivity contribution in [2.45, 2.75) is 32.6 Å². The number of unbranched alkanes of at least 4 members (excludes halogenated alkanes) is 2. The van der Waals surface area contributed by atoms with Crippen LogP contribution in [0.3, 0.4) is 0 Å². The van der Waals surface area contributed by atoms with E-state index >= 15 is 0 Å². The van der Waals surface area contributed by atoms with Crippen LogP contribution in [0.2, 0.25) is 0 Å². The van der Waals surface area contributed by atoms with E-state index in [1.165, 1.54) is 19.2 Å². The van der Waals surface area contributed by atoms with Gasteiger partial charge in [0, 0.05) is 39.1 Å². The van der Waals surface area contributed by atoms with Gasteiger partial charge in [-0.1, -0.05) is 12.5 Å². The molecule has 0 heterocycles. The summed E-state index contributed by atoms with van der Waals surface area (Å²) in [7, 11) is 1.35. The maximum absolute atomic E-state index is 13.1. The van der Waals surface area contributed by atoms with Crippen LogP contribution in [0.1, 0.15) is 53.3 Å². The molecule has 9 nitrogen and oxygen atoms in total. The fourth-order valence-corrected chi connectivity index (χ4v) is 3.00. The smallest absolute Gasteiger partial charge is 0.339 e. The van der Waals surface area contributed by atoms with Gasteiger partial charge in [0.05, 0.1) is 19.3 Å². The van der Waals surface area contributed by atoms with Gasteiger partial charge < -0.3 is 30.5 Å². The summed E-state index contributed by atoms with van der Waals surface area (Å²) < 4.78 is 10.1. The van der Waals surface area contributed by atoms with Crippen LogP contribution in [-0.4, -0.2) is 74.3 Å². The summed E-state index contributed by atoms with van der Waals surface area (Å²) in [6, 6.07) is 4.50. The summed E-state index contributed by atoms with van der Waals surface area (Å²) in [5.41, 5.74) is 5.64. The molecule has 0 saturated carbocycles. The number of carbonyl (C=O) groups excluding carboxylic acids is 2. The highest BCUT2D eigenvalue weighted by atomic mass is 16.5. The first-order chi connectivity index (χ1) is 14.5. The number of esters is 1. The highest BCUT2D eigenvalue weighted by molar-refractivity contribution is 6.02. The van der Waals surface area contributed by atoms with Crippen molar-refractivity contribution < 1.29 is 29.0 Å². The zero-order valence-electron chi connectivity index (χ0n) is 17.8. The number of carboxylic acid groups (broad SMARTS) is 1. The van der Waals surface area contributed by atoms with Crippen LogP contribution in [0.25, 0.3) is 0 Å². The van der Waals surface area contributed by atoms with Gasteiger partial charge in [0.25, 0.3) is 5.91 Å². The molecule has 1 rings (SSSR count). The van der Waals surface area contributed by atoms with Gasteiger partial charge in [-0.3, -0.25) is 9.59 Å². The van der Waals surface area contributed by atoms with E-state index in [1.807, 2.05) is 0 Å². The Morgan fingerprint density at radius 1 is 1.10 bits per heavy atom. The van der Waals surface area contributed by atoms with E-state index in [4.69, 9.17) is 15.2 Å². The molecule has 1 amide bonds. The predicted molar refractivity (Wildman–Crippen MR) is 113 cm³/mol. The van der Waals surface area contributed by atoms with E-state index in [-0.39, 0.29) is 28.8 Å². The van der Waals surface area contributed by atoms with Crippen molar-refractivity contribution >= 4 is 17.8 Å². The molecule has 0 aliphatic heterocycles. The molecule has 0 fully saturated rings. The van der Waals surface area contributed by atoms with E-state index in [9.17, 15) is 19.5 Å². The molecule has 0 saturated heterocycles. The van der Waals surface area contributed by atoms with Crippen molar-refractivity contribution in [3.63, 3.8) is 0 Å². The number of ether oxygens (including phenoxy) is 2. The van der Waals surface area contributed by atoms with Crippen molar-refractivity contribution in [3.05, 3.63) is 29.3 Å². The summed E-state index contributed by atoms with van der Waals surface area (Å²) in [5, 5.41) is 12.5. The molecule has 0 aliphatic carbocycles. The number of hydrogen-bond acceptors (Lipinski definition) is 7. The van der Waals surface area contributed by atoms with Crippen LogP contribution in [-0.2, 0) is 9.53 Å². The number of para-hydroxylation sites is 1. The van der Waals surface area contributed by atoms with Gasteiger partial charge in [0.1, 0.15) is 11.3 Å². The predicted octanol–water partition coefficient (Wildman–Crippen LogP) is 1.51. The van der Waals surface area contributed by atoms with Crippen LogP contribution < -0.4 is 15.8 Å². The second-order valence-electron chi connectivity index (χ2n) is 6.64. The molecule has 4 N–H and O–H groups in total. The maximum atomic E-state index is 13.1. The number of methoxy groups -OCH3 is 1. The number of benzene rings is 1. The summed E-state index contributed by atoms with van der Waals surface area (Å²) in [6.07, 6.45) is 2.52. The normalized spacial score (nSPS) is 10.5. The molecular formula is C21H33N3O6. The number of rotatable bonds is 15. The average Bonchev–Trinajstić information content (AvgIpc) is 2.73. The average molecular weight is 424 g/mol. The van der Waals surface area contributed by atoms with Crippen molar-refractivity contribution in [3.8, 4) is 5.75 Å². The monoisotopic (exact) mass is 423 g/mol.